The smallest absolute Gasteiger partial charge is 0.0597 e. The summed E-state index contributed by atoms with van der Waals surface area (Å²) in [6.45, 7) is 2.36. The van der Waals surface area contributed by atoms with Gasteiger partial charge < -0.3 is 10.0 Å². The molecule has 3 heteroatoms. The number of nitrogens with zero attached hydrogens (tertiary/aromatic N) is 1. The molecule has 0 bridgehead atoms. The average Bonchev–Trinajstić information content (AvgIpc) is 2.41. The van der Waals surface area contributed by atoms with Gasteiger partial charge in [-0.15, -0.1) is 12.4 Å². The van der Waals surface area contributed by atoms with Gasteiger partial charge in [0.2, 0.25) is 0 Å². The number of likely N-dealkylation sites (tertiary alicyclic amines) is 1. The number of aliphatic hydroxyl groups is 1. The molecule has 13 heavy (non-hydrogen) atoms. The van der Waals surface area contributed by atoms with Gasteiger partial charge in [0, 0.05) is 0 Å². The summed E-state index contributed by atoms with van der Waals surface area (Å²) in [5.41, 5.74) is 0.326. The number of piperidine rings is 1. The average molecular weight is 206 g/mol. The van der Waals surface area contributed by atoms with Gasteiger partial charge in [-0.25, -0.2) is 0 Å². The highest BCUT2D eigenvalue weighted by Gasteiger charge is 2.43. The molecule has 2 rings (SSSR count). The second-order valence-corrected chi connectivity index (χ2v) is 4.57. The third-order valence-electron chi connectivity index (χ3n) is 3.84. The summed E-state index contributed by atoms with van der Waals surface area (Å²) >= 11 is 0. The minimum Gasteiger partial charge on any atom is -0.393 e. The highest BCUT2D eigenvalue weighted by atomic mass is 35.5. The molecule has 2 aliphatic rings. The number of aliphatic hydroxyl groups excluding tert-OH is 1. The van der Waals surface area contributed by atoms with E-state index in [0.29, 0.717) is 5.41 Å². The monoisotopic (exact) mass is 205 g/mol. The molecule has 1 N–H and O–H groups in total. The molecule has 1 atom stereocenters. The van der Waals surface area contributed by atoms with Gasteiger partial charge in [0.25, 0.3) is 0 Å². The maximum atomic E-state index is 9.87. The van der Waals surface area contributed by atoms with Crippen LogP contribution in [-0.2, 0) is 0 Å². The van der Waals surface area contributed by atoms with E-state index >= 15 is 0 Å². The second kappa shape index (κ2) is 4.16. The van der Waals surface area contributed by atoms with Crippen molar-refractivity contribution in [1.29, 1.82) is 0 Å². The highest BCUT2D eigenvalue weighted by molar-refractivity contribution is 5.85. The number of hydrogen-bond acceptors (Lipinski definition) is 2. The molecule has 1 aliphatic heterocycles. The summed E-state index contributed by atoms with van der Waals surface area (Å²) < 4.78 is 0. The largest absolute Gasteiger partial charge is 0.393 e. The zero-order chi connectivity index (χ0) is 8.60. The summed E-state index contributed by atoms with van der Waals surface area (Å²) in [5, 5.41) is 9.87. The first-order valence-corrected chi connectivity index (χ1v) is 5.10. The summed E-state index contributed by atoms with van der Waals surface area (Å²) in [5.74, 6) is 0. The molecule has 0 aromatic heterocycles. The molecule has 2 fully saturated rings. The van der Waals surface area contributed by atoms with E-state index in [-0.39, 0.29) is 18.5 Å². The van der Waals surface area contributed by atoms with E-state index in [1.54, 1.807) is 0 Å². The van der Waals surface area contributed by atoms with Crippen LogP contribution in [0.3, 0.4) is 0 Å². The van der Waals surface area contributed by atoms with Crippen LogP contribution in [0.2, 0.25) is 0 Å². The van der Waals surface area contributed by atoms with Crippen molar-refractivity contribution in [2.45, 2.75) is 38.2 Å². The molecule has 1 unspecified atom stereocenters. The zero-order valence-corrected chi connectivity index (χ0v) is 9.15. The molecule has 1 spiro atoms. The minimum absolute atomic E-state index is 0. The van der Waals surface area contributed by atoms with Crippen LogP contribution in [0.4, 0.5) is 0 Å². The Bertz CT molecular complexity index is 166. The fourth-order valence-corrected chi connectivity index (χ4v) is 2.77. The van der Waals surface area contributed by atoms with Crippen molar-refractivity contribution >= 4 is 12.4 Å². The molecular formula is C10H20ClNO. The van der Waals surface area contributed by atoms with Gasteiger partial charge in [-0.2, -0.15) is 0 Å². The standard InChI is InChI=1S/C10H19NO.ClH/c1-11-7-5-10(6-8-11)4-2-3-9(10)12;/h9,12H,2-8H2,1H3;1H. The fourth-order valence-electron chi connectivity index (χ4n) is 2.77. The molecule has 1 saturated heterocycles. The Balaban J connectivity index is 0.000000845. The van der Waals surface area contributed by atoms with E-state index in [1.165, 1.54) is 38.8 Å². The Hall–Kier alpha value is 0.210. The summed E-state index contributed by atoms with van der Waals surface area (Å²) in [6.07, 6.45) is 5.98. The lowest BCUT2D eigenvalue weighted by Gasteiger charge is -2.40. The van der Waals surface area contributed by atoms with Crippen molar-refractivity contribution in [3.8, 4) is 0 Å². The van der Waals surface area contributed by atoms with Crippen molar-refractivity contribution in [2.75, 3.05) is 20.1 Å². The first-order valence-electron chi connectivity index (χ1n) is 5.10. The first kappa shape index (κ1) is 11.3. The SMILES string of the molecule is CN1CCC2(CCCC2O)CC1.Cl. The van der Waals surface area contributed by atoms with Crippen LogP contribution in [0, 0.1) is 5.41 Å². The third-order valence-corrected chi connectivity index (χ3v) is 3.84. The lowest BCUT2D eigenvalue weighted by molar-refractivity contribution is 0.00524. The zero-order valence-electron chi connectivity index (χ0n) is 8.33. The molecule has 78 valence electrons. The second-order valence-electron chi connectivity index (χ2n) is 4.57. The van der Waals surface area contributed by atoms with E-state index in [0.717, 1.165) is 6.42 Å². The van der Waals surface area contributed by atoms with Gasteiger partial charge in [0.1, 0.15) is 0 Å². The predicted octanol–water partition coefficient (Wildman–Crippen LogP) is 1.66. The Kier molecular flexibility index (Phi) is 3.61. The molecule has 0 radical (unpaired) electrons. The topological polar surface area (TPSA) is 23.5 Å². The van der Waals surface area contributed by atoms with E-state index in [9.17, 15) is 5.11 Å². The van der Waals surface area contributed by atoms with E-state index in [4.69, 9.17) is 0 Å². The van der Waals surface area contributed by atoms with Gasteiger partial charge >= 0.3 is 0 Å². The van der Waals surface area contributed by atoms with Crippen LogP contribution in [0.15, 0.2) is 0 Å². The minimum atomic E-state index is 0. The number of halogens is 1. The van der Waals surface area contributed by atoms with E-state index in [1.807, 2.05) is 0 Å². The molecule has 0 aromatic carbocycles. The van der Waals surface area contributed by atoms with Gasteiger partial charge in [0.15, 0.2) is 0 Å². The summed E-state index contributed by atoms with van der Waals surface area (Å²) in [7, 11) is 2.17. The van der Waals surface area contributed by atoms with Gasteiger partial charge in [-0.05, 0) is 51.2 Å². The molecule has 1 aliphatic carbocycles. The fraction of sp³-hybridized carbons (Fsp3) is 1.00. The van der Waals surface area contributed by atoms with Crippen molar-refractivity contribution in [1.82, 2.24) is 4.90 Å². The highest BCUT2D eigenvalue weighted by Crippen LogP contribution is 2.45. The molecule has 1 saturated carbocycles. The maximum absolute atomic E-state index is 9.87. The quantitative estimate of drug-likeness (QED) is 0.651. The Labute approximate surface area is 86.7 Å². The van der Waals surface area contributed by atoms with Gasteiger partial charge in [-0.3, -0.25) is 0 Å². The van der Waals surface area contributed by atoms with Gasteiger partial charge in [-0.1, -0.05) is 6.42 Å². The van der Waals surface area contributed by atoms with Crippen molar-refractivity contribution in [3.63, 3.8) is 0 Å². The third kappa shape index (κ3) is 2.00. The maximum Gasteiger partial charge on any atom is 0.0597 e. The van der Waals surface area contributed by atoms with Crippen molar-refractivity contribution < 1.29 is 5.11 Å². The normalized spacial score (nSPS) is 33.2. The van der Waals surface area contributed by atoms with Crippen LogP contribution in [0.25, 0.3) is 0 Å². The van der Waals surface area contributed by atoms with Gasteiger partial charge in [0.05, 0.1) is 6.10 Å². The molecular weight excluding hydrogens is 186 g/mol. The lowest BCUT2D eigenvalue weighted by atomic mass is 9.75. The van der Waals surface area contributed by atoms with Crippen LogP contribution in [0.5, 0.6) is 0 Å². The first-order chi connectivity index (χ1) is 5.73. The van der Waals surface area contributed by atoms with Crippen LogP contribution >= 0.6 is 12.4 Å². The summed E-state index contributed by atoms with van der Waals surface area (Å²) in [4.78, 5) is 2.37. The van der Waals surface area contributed by atoms with E-state index in [2.05, 4.69) is 11.9 Å². The van der Waals surface area contributed by atoms with Crippen LogP contribution in [0.1, 0.15) is 32.1 Å². The predicted molar refractivity (Wildman–Crippen MR) is 56.3 cm³/mol. The number of rotatable bonds is 0. The van der Waals surface area contributed by atoms with Crippen LogP contribution < -0.4 is 0 Å². The molecule has 1 heterocycles. The Morgan fingerprint density at radius 1 is 1.23 bits per heavy atom. The Morgan fingerprint density at radius 3 is 2.31 bits per heavy atom. The number of hydrogen-bond donors (Lipinski definition) is 1. The lowest BCUT2D eigenvalue weighted by Crippen LogP contribution is -2.42. The van der Waals surface area contributed by atoms with Crippen LogP contribution in [-0.4, -0.2) is 36.2 Å². The van der Waals surface area contributed by atoms with Crippen molar-refractivity contribution in [2.24, 2.45) is 5.41 Å². The Morgan fingerprint density at radius 2 is 1.85 bits per heavy atom. The molecule has 2 nitrogen and oxygen atoms in total. The summed E-state index contributed by atoms with van der Waals surface area (Å²) in [6, 6.07) is 0. The molecule has 0 aromatic rings. The van der Waals surface area contributed by atoms with E-state index < -0.39 is 0 Å². The molecule has 0 amide bonds. The van der Waals surface area contributed by atoms with Crippen molar-refractivity contribution in [3.05, 3.63) is 0 Å².